The van der Waals surface area contributed by atoms with Gasteiger partial charge in [0.1, 0.15) is 18.1 Å². The maximum atomic E-state index is 11.7. The molecule has 0 spiro atoms. The van der Waals surface area contributed by atoms with Crippen molar-refractivity contribution in [3.8, 4) is 11.5 Å². The SMILES string of the molecule is CCc1cc(OCC(=O)NCCOc2ccccc2)ccc1Cl. The highest BCUT2D eigenvalue weighted by atomic mass is 35.5. The fourth-order valence-electron chi connectivity index (χ4n) is 1.99. The minimum atomic E-state index is -0.185. The maximum Gasteiger partial charge on any atom is 0.258 e. The number of amides is 1. The monoisotopic (exact) mass is 333 g/mol. The van der Waals surface area contributed by atoms with Gasteiger partial charge in [-0.1, -0.05) is 36.7 Å². The van der Waals surface area contributed by atoms with Crippen molar-refractivity contribution in [3.63, 3.8) is 0 Å². The van der Waals surface area contributed by atoms with E-state index in [9.17, 15) is 4.79 Å². The van der Waals surface area contributed by atoms with E-state index in [0.717, 1.165) is 17.7 Å². The Labute approximate surface area is 141 Å². The van der Waals surface area contributed by atoms with Gasteiger partial charge in [-0.05, 0) is 42.3 Å². The van der Waals surface area contributed by atoms with Gasteiger partial charge in [-0.2, -0.15) is 0 Å². The molecule has 4 nitrogen and oxygen atoms in total. The molecular formula is C18H20ClNO3. The fourth-order valence-corrected chi connectivity index (χ4v) is 2.24. The Morgan fingerprint density at radius 1 is 1.09 bits per heavy atom. The van der Waals surface area contributed by atoms with Crippen LogP contribution in [0.3, 0.4) is 0 Å². The van der Waals surface area contributed by atoms with E-state index in [-0.39, 0.29) is 12.5 Å². The van der Waals surface area contributed by atoms with E-state index in [4.69, 9.17) is 21.1 Å². The van der Waals surface area contributed by atoms with Crippen LogP contribution in [0.4, 0.5) is 0 Å². The number of carbonyl (C=O) groups excluding carboxylic acids is 1. The zero-order chi connectivity index (χ0) is 16.5. The van der Waals surface area contributed by atoms with Crippen molar-refractivity contribution in [2.75, 3.05) is 19.8 Å². The van der Waals surface area contributed by atoms with Crippen LogP contribution in [0.5, 0.6) is 11.5 Å². The van der Waals surface area contributed by atoms with Crippen LogP contribution in [0.2, 0.25) is 5.02 Å². The number of hydrogen-bond acceptors (Lipinski definition) is 3. The van der Waals surface area contributed by atoms with Crippen LogP contribution in [0.15, 0.2) is 48.5 Å². The lowest BCUT2D eigenvalue weighted by molar-refractivity contribution is -0.123. The molecular weight excluding hydrogens is 314 g/mol. The van der Waals surface area contributed by atoms with Crippen molar-refractivity contribution in [1.82, 2.24) is 5.32 Å². The van der Waals surface area contributed by atoms with Crippen LogP contribution >= 0.6 is 11.6 Å². The lowest BCUT2D eigenvalue weighted by atomic mass is 10.1. The molecule has 5 heteroatoms. The molecule has 1 amide bonds. The minimum absolute atomic E-state index is 0.0316. The quantitative estimate of drug-likeness (QED) is 0.752. The lowest BCUT2D eigenvalue weighted by Gasteiger charge is -2.10. The molecule has 2 aromatic carbocycles. The van der Waals surface area contributed by atoms with Gasteiger partial charge in [0.25, 0.3) is 5.91 Å². The Hall–Kier alpha value is -2.20. The van der Waals surface area contributed by atoms with Gasteiger partial charge >= 0.3 is 0 Å². The average Bonchev–Trinajstić information content (AvgIpc) is 2.59. The summed E-state index contributed by atoms with van der Waals surface area (Å²) in [5.41, 5.74) is 1.00. The molecule has 0 fully saturated rings. The van der Waals surface area contributed by atoms with E-state index in [1.165, 1.54) is 0 Å². The molecule has 2 rings (SSSR count). The minimum Gasteiger partial charge on any atom is -0.492 e. The van der Waals surface area contributed by atoms with E-state index >= 15 is 0 Å². The summed E-state index contributed by atoms with van der Waals surface area (Å²) in [4.78, 5) is 11.7. The largest absolute Gasteiger partial charge is 0.492 e. The first-order chi connectivity index (χ1) is 11.2. The summed E-state index contributed by atoms with van der Waals surface area (Å²) in [5.74, 6) is 1.24. The van der Waals surface area contributed by atoms with Crippen molar-refractivity contribution in [2.45, 2.75) is 13.3 Å². The molecule has 0 saturated carbocycles. The van der Waals surface area contributed by atoms with E-state index in [0.29, 0.717) is 23.9 Å². The lowest BCUT2D eigenvalue weighted by Crippen LogP contribution is -2.32. The Balaban J connectivity index is 1.67. The summed E-state index contributed by atoms with van der Waals surface area (Å²) in [6, 6.07) is 14.9. The van der Waals surface area contributed by atoms with E-state index in [2.05, 4.69) is 5.32 Å². The molecule has 0 aromatic heterocycles. The Morgan fingerprint density at radius 3 is 2.61 bits per heavy atom. The van der Waals surface area contributed by atoms with E-state index < -0.39 is 0 Å². The number of halogens is 1. The molecule has 0 aliphatic heterocycles. The van der Waals surface area contributed by atoms with Crippen molar-refractivity contribution in [1.29, 1.82) is 0 Å². The van der Waals surface area contributed by atoms with Gasteiger partial charge < -0.3 is 14.8 Å². The first-order valence-electron chi connectivity index (χ1n) is 7.55. The molecule has 0 radical (unpaired) electrons. The van der Waals surface area contributed by atoms with Crippen LogP contribution in [-0.2, 0) is 11.2 Å². The first-order valence-corrected chi connectivity index (χ1v) is 7.92. The standard InChI is InChI=1S/C18H20ClNO3/c1-2-14-12-16(8-9-17(14)19)23-13-18(21)20-10-11-22-15-6-4-3-5-7-15/h3-9,12H,2,10-11,13H2,1H3,(H,20,21). The summed E-state index contributed by atoms with van der Waals surface area (Å²) in [6.45, 7) is 2.83. The Kier molecular flexibility index (Phi) is 6.76. The average molecular weight is 334 g/mol. The van der Waals surface area contributed by atoms with Crippen molar-refractivity contribution < 1.29 is 14.3 Å². The van der Waals surface area contributed by atoms with Crippen LogP contribution in [-0.4, -0.2) is 25.7 Å². The number of hydrogen-bond donors (Lipinski definition) is 1. The molecule has 0 bridgehead atoms. The summed E-state index contributed by atoms with van der Waals surface area (Å²) >= 11 is 6.05. The van der Waals surface area contributed by atoms with Crippen LogP contribution in [0.25, 0.3) is 0 Å². The molecule has 122 valence electrons. The summed E-state index contributed by atoms with van der Waals surface area (Å²) in [5, 5.41) is 3.46. The summed E-state index contributed by atoms with van der Waals surface area (Å²) in [7, 11) is 0. The van der Waals surface area contributed by atoms with Gasteiger partial charge in [0.15, 0.2) is 6.61 Å². The number of ether oxygens (including phenoxy) is 2. The van der Waals surface area contributed by atoms with Gasteiger partial charge in [-0.15, -0.1) is 0 Å². The number of para-hydroxylation sites is 1. The van der Waals surface area contributed by atoms with Gasteiger partial charge in [-0.3, -0.25) is 4.79 Å². The molecule has 0 atom stereocenters. The van der Waals surface area contributed by atoms with Crippen molar-refractivity contribution >= 4 is 17.5 Å². The van der Waals surface area contributed by atoms with Crippen LogP contribution in [0, 0.1) is 0 Å². The molecule has 0 unspecified atom stereocenters. The maximum absolute atomic E-state index is 11.7. The normalized spacial score (nSPS) is 10.2. The second-order valence-corrected chi connectivity index (χ2v) is 5.31. The smallest absolute Gasteiger partial charge is 0.258 e. The van der Waals surface area contributed by atoms with Crippen molar-refractivity contribution in [3.05, 3.63) is 59.1 Å². The third kappa shape index (κ3) is 5.83. The van der Waals surface area contributed by atoms with Crippen LogP contribution < -0.4 is 14.8 Å². The van der Waals surface area contributed by atoms with Gasteiger partial charge in [0.2, 0.25) is 0 Å². The fraction of sp³-hybridized carbons (Fsp3) is 0.278. The van der Waals surface area contributed by atoms with Gasteiger partial charge in [0, 0.05) is 5.02 Å². The predicted octanol–water partition coefficient (Wildman–Crippen LogP) is 3.48. The molecule has 0 aliphatic rings. The number of carbonyl (C=O) groups is 1. The second kappa shape index (κ2) is 9.06. The number of rotatable bonds is 8. The van der Waals surface area contributed by atoms with Crippen molar-refractivity contribution in [2.24, 2.45) is 0 Å². The summed E-state index contributed by atoms with van der Waals surface area (Å²) in [6.07, 6.45) is 0.819. The predicted molar refractivity (Wildman–Crippen MR) is 91.3 cm³/mol. The highest BCUT2D eigenvalue weighted by Crippen LogP contribution is 2.22. The Morgan fingerprint density at radius 2 is 1.87 bits per heavy atom. The van der Waals surface area contributed by atoms with Crippen LogP contribution in [0.1, 0.15) is 12.5 Å². The third-order valence-corrected chi connectivity index (χ3v) is 3.57. The number of nitrogens with one attached hydrogen (secondary N) is 1. The zero-order valence-corrected chi connectivity index (χ0v) is 13.8. The van der Waals surface area contributed by atoms with E-state index in [1.807, 2.05) is 43.3 Å². The second-order valence-electron chi connectivity index (χ2n) is 4.91. The number of benzene rings is 2. The highest BCUT2D eigenvalue weighted by Gasteiger charge is 2.05. The topological polar surface area (TPSA) is 47.6 Å². The molecule has 23 heavy (non-hydrogen) atoms. The number of aryl methyl sites for hydroxylation is 1. The molecule has 1 N–H and O–H groups in total. The van der Waals surface area contributed by atoms with Gasteiger partial charge in [-0.25, -0.2) is 0 Å². The molecule has 0 aliphatic carbocycles. The summed E-state index contributed by atoms with van der Waals surface area (Å²) < 4.78 is 11.0. The van der Waals surface area contributed by atoms with Gasteiger partial charge in [0.05, 0.1) is 6.54 Å². The highest BCUT2D eigenvalue weighted by molar-refractivity contribution is 6.31. The molecule has 2 aromatic rings. The molecule has 0 heterocycles. The first kappa shape index (κ1) is 17.2. The molecule has 0 saturated heterocycles. The Bertz CT molecular complexity index is 631. The van der Waals surface area contributed by atoms with E-state index in [1.54, 1.807) is 12.1 Å². The zero-order valence-electron chi connectivity index (χ0n) is 13.0. The third-order valence-electron chi connectivity index (χ3n) is 3.20.